The fourth-order valence-corrected chi connectivity index (χ4v) is 5.33. The molecule has 0 unspecified atom stereocenters. The number of fused-ring (bicyclic) bond motifs is 1. The van der Waals surface area contributed by atoms with E-state index >= 15 is 0 Å². The van der Waals surface area contributed by atoms with E-state index in [0.717, 1.165) is 27.8 Å². The molecule has 0 aliphatic carbocycles. The summed E-state index contributed by atoms with van der Waals surface area (Å²) in [5, 5.41) is 0.783. The number of carbonyl (C=O) groups excluding carboxylic acids is 1. The predicted molar refractivity (Wildman–Crippen MR) is 154 cm³/mol. The third-order valence-electron chi connectivity index (χ3n) is 6.51. The first-order valence-corrected chi connectivity index (χ1v) is 13.4. The zero-order chi connectivity index (χ0) is 27.8. The number of ketones is 1. The number of aromatic nitrogens is 1. The zero-order valence-corrected chi connectivity index (χ0v) is 23.7. The van der Waals surface area contributed by atoms with E-state index in [2.05, 4.69) is 13.8 Å². The summed E-state index contributed by atoms with van der Waals surface area (Å²) in [6.07, 6.45) is 3.34. The number of rotatable bonds is 6. The maximum atomic E-state index is 13.7. The highest BCUT2D eigenvalue weighted by Gasteiger charge is 2.20. The van der Waals surface area contributed by atoms with Crippen LogP contribution in [0, 0.1) is 12.3 Å². The van der Waals surface area contributed by atoms with Crippen LogP contribution in [0.25, 0.3) is 23.1 Å². The molecule has 0 aliphatic rings. The molecule has 0 amide bonds. The summed E-state index contributed by atoms with van der Waals surface area (Å²) in [7, 11) is 1.60. The van der Waals surface area contributed by atoms with Gasteiger partial charge in [-0.1, -0.05) is 46.8 Å². The Kier molecular flexibility index (Phi) is 7.61. The molecule has 0 bridgehead atoms. The second-order valence-electron chi connectivity index (χ2n) is 10.8. The molecule has 0 spiro atoms. The highest BCUT2D eigenvalue weighted by atomic mass is 32.1. The van der Waals surface area contributed by atoms with Crippen molar-refractivity contribution in [2.75, 3.05) is 7.11 Å². The van der Waals surface area contributed by atoms with Crippen molar-refractivity contribution in [2.45, 2.75) is 54.0 Å². The summed E-state index contributed by atoms with van der Waals surface area (Å²) in [6.45, 7) is 11.9. The third-order valence-corrected chi connectivity index (χ3v) is 7.57. The van der Waals surface area contributed by atoms with Crippen LogP contribution in [0.2, 0.25) is 0 Å². The van der Waals surface area contributed by atoms with E-state index in [0.29, 0.717) is 20.3 Å². The van der Waals surface area contributed by atoms with Crippen LogP contribution in [0.4, 0.5) is 0 Å². The second-order valence-corrected chi connectivity index (χ2v) is 11.9. The fraction of sp³-hybridized carbons (Fsp3) is 0.323. The standard InChI is InChI=1S/C31H33NO5S/c1-18(2)23-15-24-21(14-29(34)37-25(24)12-19(23)3)17-32-28(16-27(33)31(4,5)6)38-26(30(32)35)13-20-8-10-22(36-7)11-9-20/h8-16,18H,17H2,1-7H3/b26-13+,28-16-. The van der Waals surface area contributed by atoms with Crippen molar-refractivity contribution in [3.05, 3.63) is 94.7 Å². The third kappa shape index (κ3) is 5.73. The average Bonchev–Trinajstić information content (AvgIpc) is 3.12. The first-order chi connectivity index (χ1) is 17.9. The summed E-state index contributed by atoms with van der Waals surface area (Å²) in [5.74, 6) is 0.919. The van der Waals surface area contributed by atoms with Crippen LogP contribution in [0.5, 0.6) is 5.75 Å². The molecule has 6 nitrogen and oxygen atoms in total. The minimum atomic E-state index is -0.602. The number of nitrogens with zero attached hydrogens (tertiary/aromatic N) is 1. The number of Topliss-reactive ketones (excluding diaryl/α,β-unsaturated/α-hetero) is 1. The van der Waals surface area contributed by atoms with Gasteiger partial charge in [0.05, 0.1) is 18.2 Å². The van der Waals surface area contributed by atoms with Gasteiger partial charge in [-0.3, -0.25) is 14.2 Å². The SMILES string of the molecule is COc1ccc(/C=c2/s/c(=C\C(=O)C(C)(C)C)n(Cc3cc(=O)oc4cc(C)c(C(C)C)cc34)c2=O)cc1. The van der Waals surface area contributed by atoms with E-state index in [1.807, 2.05) is 64.1 Å². The lowest BCUT2D eigenvalue weighted by molar-refractivity contribution is -0.120. The minimum absolute atomic E-state index is 0.0846. The Balaban J connectivity index is 1.95. The highest BCUT2D eigenvalue weighted by molar-refractivity contribution is 7.07. The van der Waals surface area contributed by atoms with E-state index < -0.39 is 11.0 Å². The number of benzene rings is 2. The Morgan fingerprint density at radius 2 is 1.79 bits per heavy atom. The van der Waals surface area contributed by atoms with E-state index in [1.165, 1.54) is 23.5 Å². The van der Waals surface area contributed by atoms with E-state index in [9.17, 15) is 14.4 Å². The van der Waals surface area contributed by atoms with Crippen LogP contribution in [0.3, 0.4) is 0 Å². The average molecular weight is 532 g/mol. The molecule has 0 saturated heterocycles. The number of hydrogen-bond acceptors (Lipinski definition) is 6. The molecule has 0 fully saturated rings. The number of hydrogen-bond donors (Lipinski definition) is 0. The number of aryl methyl sites for hydroxylation is 1. The van der Waals surface area contributed by atoms with E-state index in [1.54, 1.807) is 17.8 Å². The topological polar surface area (TPSA) is 78.5 Å². The maximum absolute atomic E-state index is 13.7. The largest absolute Gasteiger partial charge is 0.497 e. The van der Waals surface area contributed by atoms with Crippen molar-refractivity contribution in [3.63, 3.8) is 0 Å². The molecule has 4 rings (SSSR count). The second kappa shape index (κ2) is 10.6. The van der Waals surface area contributed by atoms with Gasteiger partial charge in [0.1, 0.15) is 16.0 Å². The molecule has 0 saturated carbocycles. The van der Waals surface area contributed by atoms with Crippen LogP contribution in [0.15, 0.2) is 56.5 Å². The lowest BCUT2D eigenvalue weighted by Gasteiger charge is -2.14. The minimum Gasteiger partial charge on any atom is -0.497 e. The van der Waals surface area contributed by atoms with Crippen LogP contribution in [-0.4, -0.2) is 17.5 Å². The van der Waals surface area contributed by atoms with Gasteiger partial charge in [0.25, 0.3) is 5.56 Å². The molecule has 7 heteroatoms. The quantitative estimate of drug-likeness (QED) is 0.336. The van der Waals surface area contributed by atoms with Gasteiger partial charge in [-0.2, -0.15) is 0 Å². The molecule has 198 valence electrons. The van der Waals surface area contributed by atoms with E-state index in [4.69, 9.17) is 9.15 Å². The van der Waals surface area contributed by atoms with Gasteiger partial charge in [-0.05, 0) is 65.4 Å². The van der Waals surface area contributed by atoms with Crippen LogP contribution in [0.1, 0.15) is 62.8 Å². The zero-order valence-electron chi connectivity index (χ0n) is 22.9. The Morgan fingerprint density at radius 3 is 2.39 bits per heavy atom. The molecular weight excluding hydrogens is 498 g/mol. The molecule has 4 aromatic rings. The van der Waals surface area contributed by atoms with E-state index in [-0.39, 0.29) is 23.8 Å². The summed E-state index contributed by atoms with van der Waals surface area (Å²) in [5.41, 5.74) is 2.88. The Bertz CT molecular complexity index is 1750. The molecular formula is C31H33NO5S. The number of thiazole rings is 1. The molecule has 2 aromatic heterocycles. The maximum Gasteiger partial charge on any atom is 0.336 e. The molecule has 2 aromatic carbocycles. The molecule has 0 aliphatic heterocycles. The number of carbonyl (C=O) groups is 1. The molecule has 38 heavy (non-hydrogen) atoms. The van der Waals surface area contributed by atoms with Crippen LogP contribution < -0.4 is 25.1 Å². The van der Waals surface area contributed by atoms with Crippen molar-refractivity contribution in [1.29, 1.82) is 0 Å². The van der Waals surface area contributed by atoms with Crippen molar-refractivity contribution in [2.24, 2.45) is 5.41 Å². The van der Waals surface area contributed by atoms with Gasteiger partial charge >= 0.3 is 5.63 Å². The van der Waals surface area contributed by atoms with Crippen molar-refractivity contribution < 1.29 is 13.9 Å². The number of ether oxygens (including phenoxy) is 1. The monoisotopic (exact) mass is 531 g/mol. The van der Waals surface area contributed by atoms with Crippen molar-refractivity contribution >= 4 is 40.2 Å². The predicted octanol–water partition coefficient (Wildman–Crippen LogP) is 4.73. The van der Waals surface area contributed by atoms with Crippen molar-refractivity contribution in [1.82, 2.24) is 4.57 Å². The van der Waals surface area contributed by atoms with Crippen molar-refractivity contribution in [3.8, 4) is 5.75 Å². The summed E-state index contributed by atoms with van der Waals surface area (Å²) < 4.78 is 13.3. The smallest absolute Gasteiger partial charge is 0.336 e. The normalized spacial score (nSPS) is 13.1. The Hall–Kier alpha value is -3.71. The Morgan fingerprint density at radius 1 is 1.11 bits per heavy atom. The number of methoxy groups -OCH3 is 1. The highest BCUT2D eigenvalue weighted by Crippen LogP contribution is 2.27. The summed E-state index contributed by atoms with van der Waals surface area (Å²) in [4.78, 5) is 39.1. The Labute approximate surface area is 225 Å². The molecule has 0 N–H and O–H groups in total. The molecule has 2 heterocycles. The van der Waals surface area contributed by atoms with Gasteiger partial charge in [-0.15, -0.1) is 11.3 Å². The molecule has 0 atom stereocenters. The fourth-order valence-electron chi connectivity index (χ4n) is 4.29. The van der Waals surface area contributed by atoms with Gasteiger partial charge < -0.3 is 9.15 Å². The first kappa shape index (κ1) is 27.3. The van der Waals surface area contributed by atoms with Crippen LogP contribution >= 0.6 is 11.3 Å². The lowest BCUT2D eigenvalue weighted by Crippen LogP contribution is -2.33. The van der Waals surface area contributed by atoms with Gasteiger partial charge in [0.2, 0.25) is 0 Å². The first-order valence-electron chi connectivity index (χ1n) is 12.6. The summed E-state index contributed by atoms with van der Waals surface area (Å²) >= 11 is 1.26. The van der Waals surface area contributed by atoms with Gasteiger partial charge in [-0.25, -0.2) is 4.79 Å². The van der Waals surface area contributed by atoms with Crippen LogP contribution in [-0.2, 0) is 11.3 Å². The van der Waals surface area contributed by atoms with Gasteiger partial charge in [0.15, 0.2) is 5.78 Å². The lowest BCUT2D eigenvalue weighted by atomic mass is 9.91. The molecule has 0 radical (unpaired) electrons. The van der Waals surface area contributed by atoms with Gasteiger partial charge in [0, 0.05) is 22.9 Å². The summed E-state index contributed by atoms with van der Waals surface area (Å²) in [6, 6.07) is 12.8.